The molecule has 1 aliphatic rings. The average Bonchev–Trinajstić information content (AvgIpc) is 3.10. The fraction of sp³-hybridized carbons (Fsp3) is 0.471. The van der Waals surface area contributed by atoms with Gasteiger partial charge in [0.05, 0.1) is 5.75 Å². The Hall–Kier alpha value is -1.13. The number of hydrogen-bond donors (Lipinski definition) is 0. The zero-order chi connectivity index (χ0) is 17.6. The van der Waals surface area contributed by atoms with Crippen LogP contribution in [-0.2, 0) is 4.79 Å². The Morgan fingerprint density at radius 1 is 1.20 bits per heavy atom. The van der Waals surface area contributed by atoms with Gasteiger partial charge in [0.25, 0.3) is 5.22 Å². The molecule has 6 nitrogen and oxygen atoms in total. The summed E-state index contributed by atoms with van der Waals surface area (Å²) in [6, 6.07) is 7.89. The maximum atomic E-state index is 12.3. The molecule has 134 valence electrons. The second-order valence-electron chi connectivity index (χ2n) is 5.89. The normalized spacial score (nSPS) is 15.5. The fourth-order valence-corrected chi connectivity index (χ4v) is 3.75. The predicted molar refractivity (Wildman–Crippen MR) is 106 cm³/mol. The first-order valence-corrected chi connectivity index (χ1v) is 10.4. The third-order valence-corrected chi connectivity index (χ3v) is 5.60. The molecule has 0 N–H and O–H groups in total. The van der Waals surface area contributed by atoms with E-state index >= 15 is 0 Å². The van der Waals surface area contributed by atoms with Crippen LogP contribution in [0.5, 0.6) is 0 Å². The van der Waals surface area contributed by atoms with Crippen molar-refractivity contribution in [3.8, 4) is 11.5 Å². The fourth-order valence-electron chi connectivity index (χ4n) is 2.73. The van der Waals surface area contributed by atoms with E-state index in [1.807, 2.05) is 29.2 Å². The quantitative estimate of drug-likeness (QED) is 0.476. The Labute approximate surface area is 165 Å². The molecule has 1 saturated heterocycles. The van der Waals surface area contributed by atoms with Gasteiger partial charge in [-0.3, -0.25) is 9.69 Å². The molecule has 0 atom stereocenters. The van der Waals surface area contributed by atoms with E-state index in [2.05, 4.69) is 44.6 Å². The highest BCUT2D eigenvalue weighted by Crippen LogP contribution is 2.24. The Kier molecular flexibility index (Phi) is 6.71. The SMILES string of the molecule is CCCN1CCN(C(=O)CSc2nnc(-c3ccc(I)cc3)o2)CC1. The van der Waals surface area contributed by atoms with E-state index in [4.69, 9.17) is 4.42 Å². The lowest BCUT2D eigenvalue weighted by molar-refractivity contribution is -0.130. The molecule has 0 spiro atoms. The summed E-state index contributed by atoms with van der Waals surface area (Å²) in [7, 11) is 0. The number of carbonyl (C=O) groups is 1. The monoisotopic (exact) mass is 472 g/mol. The van der Waals surface area contributed by atoms with E-state index in [1.165, 1.54) is 11.8 Å². The number of aromatic nitrogens is 2. The molecule has 8 heteroatoms. The summed E-state index contributed by atoms with van der Waals surface area (Å²) >= 11 is 3.56. The molecule has 0 unspecified atom stereocenters. The van der Waals surface area contributed by atoms with Crippen LogP contribution < -0.4 is 0 Å². The van der Waals surface area contributed by atoms with Gasteiger partial charge in [0.15, 0.2) is 0 Å². The number of carbonyl (C=O) groups excluding carboxylic acids is 1. The minimum absolute atomic E-state index is 0.134. The average molecular weight is 472 g/mol. The van der Waals surface area contributed by atoms with E-state index in [0.717, 1.165) is 48.3 Å². The van der Waals surface area contributed by atoms with Crippen molar-refractivity contribution in [3.63, 3.8) is 0 Å². The number of piperazine rings is 1. The van der Waals surface area contributed by atoms with Gasteiger partial charge >= 0.3 is 0 Å². The Balaban J connectivity index is 1.49. The van der Waals surface area contributed by atoms with Gasteiger partial charge in [-0.1, -0.05) is 18.7 Å². The zero-order valence-corrected chi connectivity index (χ0v) is 17.1. The van der Waals surface area contributed by atoms with E-state index in [9.17, 15) is 4.79 Å². The summed E-state index contributed by atoms with van der Waals surface area (Å²) in [6.07, 6.45) is 1.16. The smallest absolute Gasteiger partial charge is 0.277 e. The number of benzene rings is 1. The van der Waals surface area contributed by atoms with Crippen molar-refractivity contribution in [2.24, 2.45) is 0 Å². The number of thioether (sulfide) groups is 1. The number of nitrogens with zero attached hydrogens (tertiary/aromatic N) is 4. The summed E-state index contributed by atoms with van der Waals surface area (Å²) < 4.78 is 6.81. The van der Waals surface area contributed by atoms with Crippen molar-refractivity contribution in [2.45, 2.75) is 18.6 Å². The second kappa shape index (κ2) is 9.00. The molecule has 0 aliphatic carbocycles. The van der Waals surface area contributed by atoms with Crippen LogP contribution in [0, 0.1) is 3.57 Å². The van der Waals surface area contributed by atoms with E-state index in [1.54, 1.807) is 0 Å². The van der Waals surface area contributed by atoms with E-state index in [0.29, 0.717) is 16.9 Å². The molecular weight excluding hydrogens is 451 g/mol. The molecule has 1 aliphatic heterocycles. The molecule has 0 saturated carbocycles. The minimum atomic E-state index is 0.134. The van der Waals surface area contributed by atoms with Gasteiger partial charge in [0, 0.05) is 35.3 Å². The Bertz CT molecular complexity index is 699. The highest BCUT2D eigenvalue weighted by molar-refractivity contribution is 14.1. The summed E-state index contributed by atoms with van der Waals surface area (Å²) in [5, 5.41) is 8.54. The molecule has 2 aromatic rings. The van der Waals surface area contributed by atoms with Crippen LogP contribution >= 0.6 is 34.4 Å². The van der Waals surface area contributed by atoms with Gasteiger partial charge in [0.1, 0.15) is 0 Å². The van der Waals surface area contributed by atoms with Crippen LogP contribution in [0.4, 0.5) is 0 Å². The third kappa shape index (κ3) is 5.18. The highest BCUT2D eigenvalue weighted by Gasteiger charge is 2.21. The van der Waals surface area contributed by atoms with Crippen molar-refractivity contribution in [1.82, 2.24) is 20.0 Å². The Morgan fingerprint density at radius 2 is 1.92 bits per heavy atom. The molecule has 1 amide bonds. The van der Waals surface area contributed by atoms with Gasteiger partial charge < -0.3 is 9.32 Å². The molecule has 25 heavy (non-hydrogen) atoms. The van der Waals surface area contributed by atoms with Crippen molar-refractivity contribution in [3.05, 3.63) is 27.8 Å². The van der Waals surface area contributed by atoms with Gasteiger partial charge in [-0.2, -0.15) is 0 Å². The van der Waals surface area contributed by atoms with Crippen molar-refractivity contribution in [1.29, 1.82) is 0 Å². The number of halogens is 1. The number of amides is 1. The standard InChI is InChI=1S/C17H21IN4O2S/c1-2-7-21-8-10-22(11-9-21)15(23)12-25-17-20-19-16(24-17)13-3-5-14(18)6-4-13/h3-6H,2,7-12H2,1H3. The maximum Gasteiger partial charge on any atom is 0.277 e. The van der Waals surface area contributed by atoms with Crippen LogP contribution in [0.25, 0.3) is 11.5 Å². The number of rotatable bonds is 6. The minimum Gasteiger partial charge on any atom is -0.411 e. The lowest BCUT2D eigenvalue weighted by atomic mass is 10.2. The third-order valence-electron chi connectivity index (χ3n) is 4.08. The first kappa shape index (κ1) is 18.7. The first-order valence-electron chi connectivity index (χ1n) is 8.38. The molecular formula is C17H21IN4O2S. The van der Waals surface area contributed by atoms with Crippen LogP contribution in [0.15, 0.2) is 33.9 Å². The van der Waals surface area contributed by atoms with Crippen LogP contribution in [-0.4, -0.2) is 64.4 Å². The molecule has 3 rings (SSSR count). The van der Waals surface area contributed by atoms with Crippen LogP contribution in [0.1, 0.15) is 13.3 Å². The maximum absolute atomic E-state index is 12.3. The summed E-state index contributed by atoms with van der Waals surface area (Å²) in [5.41, 5.74) is 0.887. The van der Waals surface area contributed by atoms with Gasteiger partial charge in [-0.15, -0.1) is 10.2 Å². The lowest BCUT2D eigenvalue weighted by Gasteiger charge is -2.34. The molecule has 2 heterocycles. The van der Waals surface area contributed by atoms with Crippen molar-refractivity contribution in [2.75, 3.05) is 38.5 Å². The number of hydrogen-bond acceptors (Lipinski definition) is 6. The lowest BCUT2D eigenvalue weighted by Crippen LogP contribution is -2.49. The Morgan fingerprint density at radius 3 is 2.60 bits per heavy atom. The van der Waals surface area contributed by atoms with E-state index < -0.39 is 0 Å². The summed E-state index contributed by atoms with van der Waals surface area (Å²) in [6.45, 7) is 6.82. The second-order valence-corrected chi connectivity index (χ2v) is 8.06. The van der Waals surface area contributed by atoms with Crippen LogP contribution in [0.3, 0.4) is 0 Å². The summed E-state index contributed by atoms with van der Waals surface area (Å²) in [4.78, 5) is 16.7. The molecule has 1 fully saturated rings. The topological polar surface area (TPSA) is 62.5 Å². The summed E-state index contributed by atoms with van der Waals surface area (Å²) in [5.74, 6) is 0.956. The van der Waals surface area contributed by atoms with Gasteiger partial charge in [-0.05, 0) is 59.8 Å². The van der Waals surface area contributed by atoms with Gasteiger partial charge in [-0.25, -0.2) is 0 Å². The van der Waals surface area contributed by atoms with E-state index in [-0.39, 0.29) is 5.91 Å². The molecule has 0 bridgehead atoms. The predicted octanol–water partition coefficient (Wildman–Crippen LogP) is 2.99. The molecule has 1 aromatic heterocycles. The zero-order valence-electron chi connectivity index (χ0n) is 14.2. The van der Waals surface area contributed by atoms with Crippen molar-refractivity contribution >= 4 is 40.3 Å². The highest BCUT2D eigenvalue weighted by atomic mass is 127. The molecule has 0 radical (unpaired) electrons. The largest absolute Gasteiger partial charge is 0.411 e. The first-order chi connectivity index (χ1) is 12.2. The van der Waals surface area contributed by atoms with Crippen LogP contribution in [0.2, 0.25) is 0 Å². The van der Waals surface area contributed by atoms with Gasteiger partial charge in [0.2, 0.25) is 11.8 Å². The van der Waals surface area contributed by atoms with Crippen molar-refractivity contribution < 1.29 is 9.21 Å². The molecule has 1 aromatic carbocycles.